The summed E-state index contributed by atoms with van der Waals surface area (Å²) in [5, 5.41) is 2.73. The predicted molar refractivity (Wildman–Crippen MR) is 109 cm³/mol. The van der Waals surface area contributed by atoms with E-state index >= 15 is 0 Å². The van der Waals surface area contributed by atoms with Gasteiger partial charge in [0, 0.05) is 6.07 Å². The van der Waals surface area contributed by atoms with Crippen LogP contribution in [0.1, 0.15) is 12.5 Å². The van der Waals surface area contributed by atoms with Crippen LogP contribution < -0.4 is 29.0 Å². The van der Waals surface area contributed by atoms with E-state index in [0.29, 0.717) is 34.7 Å². The maximum absolute atomic E-state index is 12.7. The van der Waals surface area contributed by atoms with Crippen molar-refractivity contribution in [3.05, 3.63) is 60.4 Å². The summed E-state index contributed by atoms with van der Waals surface area (Å²) in [6.07, 6.45) is 0.0444. The number of carbonyl (C=O) groups excluding carboxylic acids is 1. The Bertz CT molecular complexity index is 1120. The molecule has 0 unspecified atom stereocenters. The first kappa shape index (κ1) is 19.0. The summed E-state index contributed by atoms with van der Waals surface area (Å²) in [7, 11) is 0. The number of nitrogens with zero attached hydrogens (tertiary/aromatic N) is 2. The van der Waals surface area contributed by atoms with Crippen molar-refractivity contribution in [2.75, 3.05) is 12.1 Å². The van der Waals surface area contributed by atoms with E-state index in [2.05, 4.69) is 15.3 Å². The van der Waals surface area contributed by atoms with Crippen LogP contribution in [0.25, 0.3) is 0 Å². The van der Waals surface area contributed by atoms with E-state index in [9.17, 15) is 4.79 Å². The second kappa shape index (κ2) is 8.02. The van der Waals surface area contributed by atoms with Crippen molar-refractivity contribution in [1.82, 2.24) is 9.97 Å². The lowest BCUT2D eigenvalue weighted by Crippen LogP contribution is -2.46. The highest BCUT2D eigenvalue weighted by molar-refractivity contribution is 5.94. The number of carbonyl (C=O) groups is 1. The summed E-state index contributed by atoms with van der Waals surface area (Å²) < 4.78 is 28.0. The minimum absolute atomic E-state index is 0.217. The zero-order valence-electron chi connectivity index (χ0n) is 16.6. The Morgan fingerprint density at radius 1 is 1.03 bits per heavy atom. The van der Waals surface area contributed by atoms with Crippen molar-refractivity contribution < 1.29 is 28.5 Å². The van der Waals surface area contributed by atoms with Crippen molar-refractivity contribution >= 4 is 11.7 Å². The number of ether oxygens (including phenoxy) is 5. The molecule has 1 amide bonds. The molecule has 3 heterocycles. The van der Waals surface area contributed by atoms with Crippen molar-refractivity contribution in [3.8, 4) is 28.9 Å². The summed E-state index contributed by atoms with van der Waals surface area (Å²) in [5.41, 5.74) is 0.897. The summed E-state index contributed by atoms with van der Waals surface area (Å²) in [6.45, 7) is 2.27. The van der Waals surface area contributed by atoms with Crippen LogP contribution in [0.4, 0.5) is 5.82 Å². The molecule has 9 heteroatoms. The standard InChI is InChI=1S/C22H19N3O6/c1-13-21(31-17-5-3-2-4-16(17)30-13)22(26)25-19-9-20(24-11-23-19)27-10-14-6-7-15-18(8-14)29-12-28-15/h2-9,11,13,21H,10,12H2,1H3,(H,23,24,25,26)/t13-,21+/m1/s1. The van der Waals surface area contributed by atoms with Gasteiger partial charge in [-0.3, -0.25) is 4.79 Å². The molecule has 2 aliphatic heterocycles. The van der Waals surface area contributed by atoms with E-state index < -0.39 is 12.2 Å². The molecular formula is C22H19N3O6. The highest BCUT2D eigenvalue weighted by Gasteiger charge is 2.34. The largest absolute Gasteiger partial charge is 0.482 e. The molecule has 31 heavy (non-hydrogen) atoms. The van der Waals surface area contributed by atoms with Crippen molar-refractivity contribution in [3.63, 3.8) is 0 Å². The molecule has 5 rings (SSSR count). The molecule has 9 nitrogen and oxygen atoms in total. The van der Waals surface area contributed by atoms with Crippen molar-refractivity contribution in [2.24, 2.45) is 0 Å². The average molecular weight is 421 g/mol. The van der Waals surface area contributed by atoms with E-state index in [-0.39, 0.29) is 19.3 Å². The molecule has 0 saturated heterocycles. The molecule has 0 fully saturated rings. The Kier molecular flexibility index (Phi) is 4.91. The molecule has 0 saturated carbocycles. The van der Waals surface area contributed by atoms with Crippen LogP contribution in [0.3, 0.4) is 0 Å². The van der Waals surface area contributed by atoms with Gasteiger partial charge >= 0.3 is 0 Å². The number of anilines is 1. The molecule has 1 aromatic heterocycles. The van der Waals surface area contributed by atoms with Crippen LogP contribution in [-0.4, -0.2) is 34.9 Å². The van der Waals surface area contributed by atoms with Crippen LogP contribution in [0.15, 0.2) is 54.9 Å². The van der Waals surface area contributed by atoms with Crippen LogP contribution in [0.5, 0.6) is 28.9 Å². The number of amides is 1. The van der Waals surface area contributed by atoms with Gasteiger partial charge in [-0.1, -0.05) is 18.2 Å². The maximum Gasteiger partial charge on any atom is 0.270 e. The fourth-order valence-electron chi connectivity index (χ4n) is 3.28. The van der Waals surface area contributed by atoms with Gasteiger partial charge in [-0.2, -0.15) is 0 Å². The lowest BCUT2D eigenvalue weighted by Gasteiger charge is -2.30. The summed E-state index contributed by atoms with van der Waals surface area (Å²) in [4.78, 5) is 20.9. The molecule has 3 aromatic rings. The first-order chi connectivity index (χ1) is 15.2. The number of benzene rings is 2. The third-order valence-electron chi connectivity index (χ3n) is 4.82. The van der Waals surface area contributed by atoms with Crippen LogP contribution in [0.2, 0.25) is 0 Å². The highest BCUT2D eigenvalue weighted by atomic mass is 16.7. The smallest absolute Gasteiger partial charge is 0.270 e. The Hall–Kier alpha value is -4.01. The quantitative estimate of drug-likeness (QED) is 0.671. The molecule has 2 aliphatic rings. The molecule has 2 atom stereocenters. The topological polar surface area (TPSA) is 101 Å². The Balaban J connectivity index is 1.22. The Morgan fingerprint density at radius 3 is 2.71 bits per heavy atom. The highest BCUT2D eigenvalue weighted by Crippen LogP contribution is 2.34. The van der Waals surface area contributed by atoms with E-state index in [0.717, 1.165) is 5.56 Å². The van der Waals surface area contributed by atoms with Gasteiger partial charge in [0.25, 0.3) is 5.91 Å². The first-order valence-corrected chi connectivity index (χ1v) is 9.72. The number of rotatable bonds is 5. The summed E-state index contributed by atoms with van der Waals surface area (Å²) in [5.74, 6) is 2.78. The molecule has 0 radical (unpaired) electrons. The Labute approximate surface area is 177 Å². The molecule has 0 bridgehead atoms. The molecule has 0 aliphatic carbocycles. The number of hydrogen-bond donors (Lipinski definition) is 1. The van der Waals surface area contributed by atoms with Gasteiger partial charge in [0.05, 0.1) is 0 Å². The van der Waals surface area contributed by atoms with E-state index in [4.69, 9.17) is 23.7 Å². The lowest BCUT2D eigenvalue weighted by atomic mass is 10.1. The molecule has 0 spiro atoms. The third kappa shape index (κ3) is 4.02. The lowest BCUT2D eigenvalue weighted by molar-refractivity contribution is -0.128. The Morgan fingerprint density at radius 2 is 1.84 bits per heavy atom. The maximum atomic E-state index is 12.7. The van der Waals surface area contributed by atoms with Crippen LogP contribution >= 0.6 is 0 Å². The van der Waals surface area contributed by atoms with Gasteiger partial charge in [0.2, 0.25) is 18.8 Å². The van der Waals surface area contributed by atoms with Crippen LogP contribution in [-0.2, 0) is 11.4 Å². The van der Waals surface area contributed by atoms with Gasteiger partial charge < -0.3 is 29.0 Å². The number of aromatic nitrogens is 2. The fraction of sp³-hybridized carbons (Fsp3) is 0.227. The molecule has 2 aromatic carbocycles. The normalized spacial score (nSPS) is 18.4. The van der Waals surface area contributed by atoms with Crippen molar-refractivity contribution in [1.29, 1.82) is 0 Å². The van der Waals surface area contributed by atoms with Crippen LogP contribution in [0, 0.1) is 0 Å². The zero-order valence-corrected chi connectivity index (χ0v) is 16.6. The van der Waals surface area contributed by atoms with E-state index in [1.165, 1.54) is 6.33 Å². The van der Waals surface area contributed by atoms with Gasteiger partial charge in [-0.25, -0.2) is 9.97 Å². The SMILES string of the molecule is C[C@H]1Oc2ccccc2O[C@@H]1C(=O)Nc1cc(OCc2ccc3c(c2)OCO3)ncn1. The number of hydrogen-bond acceptors (Lipinski definition) is 8. The summed E-state index contributed by atoms with van der Waals surface area (Å²) in [6, 6.07) is 14.3. The molecule has 1 N–H and O–H groups in total. The zero-order chi connectivity index (χ0) is 21.2. The molecular weight excluding hydrogens is 402 g/mol. The monoisotopic (exact) mass is 421 g/mol. The fourth-order valence-corrected chi connectivity index (χ4v) is 3.28. The number of para-hydroxylation sites is 2. The minimum atomic E-state index is -0.817. The van der Waals surface area contributed by atoms with E-state index in [1.54, 1.807) is 25.1 Å². The first-order valence-electron chi connectivity index (χ1n) is 9.72. The van der Waals surface area contributed by atoms with Gasteiger partial charge in [0.15, 0.2) is 23.0 Å². The molecule has 158 valence electrons. The second-order valence-electron chi connectivity index (χ2n) is 7.02. The second-order valence-corrected chi connectivity index (χ2v) is 7.02. The number of nitrogens with one attached hydrogen (secondary N) is 1. The van der Waals surface area contributed by atoms with Gasteiger partial charge in [-0.15, -0.1) is 0 Å². The average Bonchev–Trinajstić information content (AvgIpc) is 3.25. The minimum Gasteiger partial charge on any atom is -0.482 e. The van der Waals surface area contributed by atoms with Gasteiger partial charge in [-0.05, 0) is 36.8 Å². The van der Waals surface area contributed by atoms with Gasteiger partial charge in [0.1, 0.15) is 24.9 Å². The van der Waals surface area contributed by atoms with Crippen molar-refractivity contribution in [2.45, 2.75) is 25.7 Å². The number of fused-ring (bicyclic) bond motifs is 2. The third-order valence-corrected chi connectivity index (χ3v) is 4.82. The predicted octanol–water partition coefficient (Wildman–Crippen LogP) is 2.95. The van der Waals surface area contributed by atoms with E-state index in [1.807, 2.05) is 30.3 Å². The summed E-state index contributed by atoms with van der Waals surface area (Å²) >= 11 is 0.